The van der Waals surface area contributed by atoms with Crippen LogP contribution in [0.15, 0.2) is 29.6 Å². The van der Waals surface area contributed by atoms with Crippen molar-refractivity contribution in [1.29, 1.82) is 0 Å². The van der Waals surface area contributed by atoms with E-state index in [2.05, 4.69) is 26.9 Å². The van der Waals surface area contributed by atoms with Crippen molar-refractivity contribution < 1.29 is 43.4 Å². The number of aliphatic carboxylic acids is 1. The first-order valence-corrected chi connectivity index (χ1v) is 21.9. The summed E-state index contributed by atoms with van der Waals surface area (Å²) in [5.41, 5.74) is 5.58. The van der Waals surface area contributed by atoms with E-state index in [0.29, 0.717) is 42.8 Å². The summed E-state index contributed by atoms with van der Waals surface area (Å²) in [7, 11) is 1.91. The third-order valence-electron chi connectivity index (χ3n) is 10.6. The number of unbranched alkanes of at least 4 members (excludes halogenated alkanes) is 1. The van der Waals surface area contributed by atoms with E-state index < -0.39 is 53.4 Å². The fraction of sp³-hybridized carbons (Fsp3) is 0.614. The summed E-state index contributed by atoms with van der Waals surface area (Å²) in [6, 6.07) is 4.41. The lowest BCUT2D eigenvalue weighted by atomic mass is 9.84. The maximum atomic E-state index is 14.5. The second-order valence-corrected chi connectivity index (χ2v) is 17.5. The van der Waals surface area contributed by atoms with E-state index in [1.54, 1.807) is 38.1 Å². The molecule has 336 valence electrons. The molecule has 4 amide bonds. The van der Waals surface area contributed by atoms with E-state index in [0.717, 1.165) is 36.3 Å². The molecule has 61 heavy (non-hydrogen) atoms. The second kappa shape index (κ2) is 24.5. The first-order chi connectivity index (χ1) is 28.9. The largest absolute Gasteiger partial charge is 0.481 e. The van der Waals surface area contributed by atoms with E-state index in [9.17, 15) is 33.9 Å². The molecule has 1 fully saturated rings. The molecule has 1 aliphatic heterocycles. The minimum Gasteiger partial charge on any atom is -0.481 e. The Morgan fingerprint density at radius 2 is 1.84 bits per heavy atom. The number of nitrogens with one attached hydrogen (secondary N) is 3. The van der Waals surface area contributed by atoms with Crippen LogP contribution >= 0.6 is 11.3 Å². The fourth-order valence-electron chi connectivity index (χ4n) is 7.19. The number of esters is 1. The van der Waals surface area contributed by atoms with Crippen molar-refractivity contribution >= 4 is 52.6 Å². The number of nitrogens with zero attached hydrogens (tertiary/aromatic N) is 3. The van der Waals surface area contributed by atoms with Crippen molar-refractivity contribution in [3.05, 3.63) is 45.9 Å². The zero-order valence-corrected chi connectivity index (χ0v) is 37.5. The van der Waals surface area contributed by atoms with Crippen molar-refractivity contribution in [2.24, 2.45) is 17.1 Å². The van der Waals surface area contributed by atoms with Gasteiger partial charge in [0.25, 0.3) is 11.8 Å². The Labute approximate surface area is 364 Å². The van der Waals surface area contributed by atoms with Crippen LogP contribution in [0, 0.1) is 23.7 Å². The molecule has 0 bridgehead atoms. The summed E-state index contributed by atoms with van der Waals surface area (Å²) >= 11 is 1.11. The monoisotopic (exact) mass is 867 g/mol. The Morgan fingerprint density at radius 1 is 1.13 bits per heavy atom. The number of carbonyl (C=O) groups excluding carboxylic acids is 5. The number of carbonyl (C=O) groups is 6. The number of anilines is 1. The summed E-state index contributed by atoms with van der Waals surface area (Å²) in [5, 5.41) is 21.7. The average molecular weight is 868 g/mol. The zero-order valence-electron chi connectivity index (χ0n) is 36.7. The van der Waals surface area contributed by atoms with Gasteiger partial charge in [-0.2, -0.15) is 0 Å². The maximum Gasteiger partial charge on any atom is 0.309 e. The van der Waals surface area contributed by atoms with Gasteiger partial charge in [0.05, 0.1) is 30.7 Å². The predicted molar refractivity (Wildman–Crippen MR) is 233 cm³/mol. The van der Waals surface area contributed by atoms with E-state index in [1.807, 2.05) is 32.7 Å². The molecule has 5 atom stereocenters. The molecule has 0 unspecified atom stereocenters. The fourth-order valence-corrected chi connectivity index (χ4v) is 8.03. The van der Waals surface area contributed by atoms with Crippen molar-refractivity contribution in [2.45, 2.75) is 136 Å². The van der Waals surface area contributed by atoms with Gasteiger partial charge in [-0.05, 0) is 89.6 Å². The molecule has 1 aromatic heterocycles. The number of aromatic nitrogens is 1. The number of terminal acetylenes is 1. The number of likely N-dealkylation sites (N-methyl/N-ethyl adjacent to an activating group) is 1. The van der Waals surface area contributed by atoms with Crippen LogP contribution < -0.4 is 21.7 Å². The summed E-state index contributed by atoms with van der Waals surface area (Å²) in [6.07, 6.45) is 9.44. The summed E-state index contributed by atoms with van der Waals surface area (Å²) in [4.78, 5) is 91.2. The zero-order chi connectivity index (χ0) is 45.3. The van der Waals surface area contributed by atoms with E-state index >= 15 is 0 Å². The molecule has 1 saturated heterocycles. The van der Waals surface area contributed by atoms with Gasteiger partial charge in [0.2, 0.25) is 11.8 Å². The average Bonchev–Trinajstić information content (AvgIpc) is 3.70. The second-order valence-electron chi connectivity index (χ2n) is 16.6. The number of hydrogen-bond acceptors (Lipinski definition) is 12. The highest BCUT2D eigenvalue weighted by Crippen LogP contribution is 2.32. The van der Waals surface area contributed by atoms with E-state index in [-0.39, 0.29) is 61.9 Å². The van der Waals surface area contributed by atoms with Crippen LogP contribution in [0.25, 0.3) is 0 Å². The number of carboxylic acids is 1. The molecule has 0 spiro atoms. The standard InChI is InChI=1S/C44H65N7O9S/c1-9-11-14-22-59-51(42(56)33(15-10-2)48-40(55)35-16-12-13-21-50(35)8)36(28(3)4)24-37(60-29(5)52)41-49-34(27-61-41)39(54)47-32(25-44(6,7)43(57)58)23-30-17-19-31(20-18-30)46-38(53)26-45/h1,17-20,27-28,32-33,35-37H,10-16,21-26,45H2,2-8H3,(H,46,53)(H,47,54)(H,48,55)(H,57,58)/t32-,33-,35+,36+,37+/m0/s1. The molecular formula is C44H65N7O9S. The molecule has 17 heteroatoms. The highest BCUT2D eigenvalue weighted by molar-refractivity contribution is 7.09. The SMILES string of the molecule is C#CCCCON(C(=O)[C@H](CCC)NC(=O)[C@H]1CCCCN1C)[C@H](C[C@@H](OC(C)=O)c1nc(C(=O)N[C@@H](Cc2ccc(NC(=O)CN)cc2)CC(C)(C)C(=O)O)cs1)C(C)C. The quantitative estimate of drug-likeness (QED) is 0.0414. The molecule has 2 heterocycles. The molecule has 0 aliphatic carbocycles. The molecule has 0 radical (unpaired) electrons. The van der Waals surface area contributed by atoms with Crippen LogP contribution in [0.4, 0.5) is 5.69 Å². The van der Waals surface area contributed by atoms with Gasteiger partial charge >= 0.3 is 11.9 Å². The molecule has 3 rings (SSSR count). The van der Waals surface area contributed by atoms with Crippen LogP contribution in [-0.2, 0) is 40.0 Å². The Hall–Kier alpha value is -4.89. The van der Waals surface area contributed by atoms with Gasteiger partial charge in [0.1, 0.15) is 16.7 Å². The number of hydroxylamine groups is 2. The number of thiazole rings is 1. The normalized spacial score (nSPS) is 16.4. The van der Waals surface area contributed by atoms with Crippen LogP contribution in [0.3, 0.4) is 0 Å². The van der Waals surface area contributed by atoms with E-state index in [4.69, 9.17) is 21.7 Å². The molecule has 1 aliphatic rings. The third-order valence-corrected chi connectivity index (χ3v) is 11.6. The van der Waals surface area contributed by atoms with Crippen LogP contribution in [0.2, 0.25) is 0 Å². The van der Waals surface area contributed by atoms with Gasteiger partial charge in [-0.1, -0.05) is 45.7 Å². The third kappa shape index (κ3) is 15.8. The van der Waals surface area contributed by atoms with Gasteiger partial charge in [-0.3, -0.25) is 38.5 Å². The number of amides is 4. The molecule has 0 saturated carbocycles. The van der Waals surface area contributed by atoms with Gasteiger partial charge < -0.3 is 31.5 Å². The summed E-state index contributed by atoms with van der Waals surface area (Å²) < 4.78 is 5.82. The van der Waals surface area contributed by atoms with Gasteiger partial charge in [0, 0.05) is 36.9 Å². The van der Waals surface area contributed by atoms with Gasteiger partial charge in [-0.25, -0.2) is 10.0 Å². The molecule has 1 aromatic carbocycles. The number of piperidine rings is 1. The number of ether oxygens (including phenoxy) is 1. The van der Waals surface area contributed by atoms with Crippen molar-refractivity contribution in [3.63, 3.8) is 0 Å². The van der Waals surface area contributed by atoms with Crippen LogP contribution in [0.1, 0.15) is 126 Å². The summed E-state index contributed by atoms with van der Waals surface area (Å²) in [5.74, 6) is -0.827. The Morgan fingerprint density at radius 3 is 2.43 bits per heavy atom. The molecule has 2 aromatic rings. The van der Waals surface area contributed by atoms with Crippen molar-refractivity contribution in [1.82, 2.24) is 25.6 Å². The number of nitrogens with two attached hydrogens (primary N) is 1. The summed E-state index contributed by atoms with van der Waals surface area (Å²) in [6.45, 7) is 10.9. The highest BCUT2D eigenvalue weighted by atomic mass is 32.1. The van der Waals surface area contributed by atoms with Crippen LogP contribution in [0.5, 0.6) is 0 Å². The van der Waals surface area contributed by atoms with Gasteiger partial charge in [0.15, 0.2) is 6.10 Å². The lowest BCUT2D eigenvalue weighted by Crippen LogP contribution is -2.57. The highest BCUT2D eigenvalue weighted by Gasteiger charge is 2.38. The number of carboxylic acid groups (broad SMARTS) is 1. The minimum atomic E-state index is -1.19. The molecule has 6 N–H and O–H groups in total. The number of likely N-dealkylation sites (tertiary alicyclic amines) is 1. The topological polar surface area (TPSA) is 223 Å². The molecule has 16 nitrogen and oxygen atoms in total. The first kappa shape index (κ1) is 50.5. The number of benzene rings is 1. The smallest absolute Gasteiger partial charge is 0.309 e. The maximum absolute atomic E-state index is 14.5. The lowest BCUT2D eigenvalue weighted by molar-refractivity contribution is -0.212. The number of rotatable bonds is 24. The lowest BCUT2D eigenvalue weighted by Gasteiger charge is -2.38. The Balaban J connectivity index is 1.91. The Kier molecular flexibility index (Phi) is 20.3. The minimum absolute atomic E-state index is 0.0353. The first-order valence-electron chi connectivity index (χ1n) is 21.1. The Bertz CT molecular complexity index is 1830. The predicted octanol–water partition coefficient (Wildman–Crippen LogP) is 4.84. The van der Waals surface area contributed by atoms with Crippen LogP contribution in [-0.4, -0.2) is 107 Å². The van der Waals surface area contributed by atoms with E-state index in [1.165, 1.54) is 17.4 Å². The van der Waals surface area contributed by atoms with Gasteiger partial charge in [-0.15, -0.1) is 23.7 Å². The van der Waals surface area contributed by atoms with Crippen molar-refractivity contribution in [3.8, 4) is 12.3 Å². The molecular weight excluding hydrogens is 803 g/mol. The number of hydrogen-bond donors (Lipinski definition) is 5. The van der Waals surface area contributed by atoms with Crippen molar-refractivity contribution in [2.75, 3.05) is 32.1 Å².